The van der Waals surface area contributed by atoms with Crippen molar-refractivity contribution in [2.24, 2.45) is 0 Å². The number of morpholine rings is 1. The van der Waals surface area contributed by atoms with Gasteiger partial charge in [0.25, 0.3) is 0 Å². The highest BCUT2D eigenvalue weighted by molar-refractivity contribution is 6.31. The molecule has 2 aromatic heterocycles. The molecule has 0 unspecified atom stereocenters. The van der Waals surface area contributed by atoms with Crippen LogP contribution in [0.3, 0.4) is 0 Å². The van der Waals surface area contributed by atoms with E-state index in [0.717, 1.165) is 66.2 Å². The lowest BCUT2D eigenvalue weighted by Gasteiger charge is -2.41. The number of hydrogen-bond acceptors (Lipinski definition) is 5. The van der Waals surface area contributed by atoms with E-state index in [4.69, 9.17) is 21.3 Å². The first kappa shape index (κ1) is 21.2. The number of nitrogens with one attached hydrogen (secondary N) is 2. The molecular weight excluding hydrogens is 424 g/mol. The van der Waals surface area contributed by atoms with Crippen LogP contribution >= 0.6 is 11.6 Å². The number of imidazole rings is 1. The molecule has 1 saturated heterocycles. The Morgan fingerprint density at radius 1 is 1.16 bits per heavy atom. The standard InChI is InChI=1S/C24H29ClN6O/c1-4-30(5-2)12-18-13-31(15(3)14-32-18)17-7-9-20-22(11-17)27-24(26-20)23-19-8-6-16(25)10-21(19)28-29-23/h6-11,15,18H,4-5,12-14H2,1-3H3,(H,26,27)(H,28,29)/t15-,18-/m1/s1. The topological polar surface area (TPSA) is 73.1 Å². The molecule has 1 aliphatic rings. The first-order valence-electron chi connectivity index (χ1n) is 11.3. The zero-order chi connectivity index (χ0) is 22.2. The van der Waals surface area contributed by atoms with Gasteiger partial charge >= 0.3 is 0 Å². The van der Waals surface area contributed by atoms with Crippen molar-refractivity contribution >= 4 is 39.2 Å². The molecule has 0 amide bonds. The molecule has 7 nitrogen and oxygen atoms in total. The lowest BCUT2D eigenvalue weighted by molar-refractivity contribution is 0.00265. The minimum absolute atomic E-state index is 0.210. The van der Waals surface area contributed by atoms with E-state index in [0.29, 0.717) is 11.1 Å². The largest absolute Gasteiger partial charge is 0.373 e. The summed E-state index contributed by atoms with van der Waals surface area (Å²) in [6, 6.07) is 12.5. The molecule has 168 valence electrons. The Kier molecular flexibility index (Phi) is 5.80. The summed E-state index contributed by atoms with van der Waals surface area (Å²) < 4.78 is 6.14. The number of benzene rings is 2. The van der Waals surface area contributed by atoms with Gasteiger partial charge in [0.05, 0.1) is 29.3 Å². The predicted molar refractivity (Wildman–Crippen MR) is 131 cm³/mol. The van der Waals surface area contributed by atoms with Gasteiger partial charge < -0.3 is 19.5 Å². The number of fused-ring (bicyclic) bond motifs is 2. The van der Waals surface area contributed by atoms with Gasteiger partial charge in [-0.1, -0.05) is 25.4 Å². The summed E-state index contributed by atoms with van der Waals surface area (Å²) in [5, 5.41) is 9.20. The second kappa shape index (κ2) is 8.73. The van der Waals surface area contributed by atoms with Crippen molar-refractivity contribution in [3.8, 4) is 11.5 Å². The van der Waals surface area contributed by atoms with Gasteiger partial charge in [-0.25, -0.2) is 4.98 Å². The van der Waals surface area contributed by atoms with Crippen molar-refractivity contribution in [3.05, 3.63) is 41.4 Å². The molecule has 3 heterocycles. The summed E-state index contributed by atoms with van der Waals surface area (Å²) in [4.78, 5) is 13.1. The third kappa shape index (κ3) is 3.96. The monoisotopic (exact) mass is 452 g/mol. The molecule has 0 radical (unpaired) electrons. The quantitative estimate of drug-likeness (QED) is 0.443. The van der Waals surface area contributed by atoms with Gasteiger partial charge in [0, 0.05) is 35.2 Å². The van der Waals surface area contributed by atoms with Gasteiger partial charge in [-0.2, -0.15) is 5.10 Å². The van der Waals surface area contributed by atoms with Gasteiger partial charge in [-0.15, -0.1) is 0 Å². The number of ether oxygens (including phenoxy) is 1. The Labute approximate surface area is 192 Å². The van der Waals surface area contributed by atoms with Crippen LogP contribution in [0.25, 0.3) is 33.5 Å². The van der Waals surface area contributed by atoms with E-state index in [1.807, 2.05) is 18.2 Å². The van der Waals surface area contributed by atoms with Gasteiger partial charge in [0.1, 0.15) is 5.69 Å². The number of aromatic nitrogens is 4. The molecule has 8 heteroatoms. The summed E-state index contributed by atoms with van der Waals surface area (Å²) in [6.07, 6.45) is 0.210. The van der Waals surface area contributed by atoms with Gasteiger partial charge in [0.15, 0.2) is 5.82 Å². The average molecular weight is 453 g/mol. The van der Waals surface area contributed by atoms with Gasteiger partial charge in [-0.3, -0.25) is 5.10 Å². The first-order valence-corrected chi connectivity index (χ1v) is 11.7. The van der Waals surface area contributed by atoms with Crippen LogP contribution in [0.15, 0.2) is 36.4 Å². The number of aromatic amines is 2. The van der Waals surface area contributed by atoms with Gasteiger partial charge in [-0.05, 0) is 56.4 Å². The van der Waals surface area contributed by atoms with E-state index in [9.17, 15) is 0 Å². The van der Waals surface area contributed by atoms with Gasteiger partial charge in [0.2, 0.25) is 0 Å². The molecule has 0 bridgehead atoms. The Hall–Kier alpha value is -2.61. The highest BCUT2D eigenvalue weighted by Crippen LogP contribution is 2.30. The molecule has 1 fully saturated rings. The van der Waals surface area contributed by atoms with Crippen LogP contribution in [-0.2, 0) is 4.74 Å². The third-order valence-electron chi connectivity index (χ3n) is 6.41. The maximum Gasteiger partial charge on any atom is 0.159 e. The molecule has 2 aromatic carbocycles. The first-order chi connectivity index (χ1) is 15.6. The molecule has 2 atom stereocenters. The van der Waals surface area contributed by atoms with E-state index in [1.165, 1.54) is 5.69 Å². The van der Waals surface area contributed by atoms with Crippen LogP contribution in [0.5, 0.6) is 0 Å². The summed E-state index contributed by atoms with van der Waals surface area (Å²) in [7, 11) is 0. The highest BCUT2D eigenvalue weighted by atomic mass is 35.5. The Balaban J connectivity index is 1.43. The number of hydrogen-bond donors (Lipinski definition) is 2. The van der Waals surface area contributed by atoms with E-state index >= 15 is 0 Å². The lowest BCUT2D eigenvalue weighted by atomic mass is 10.1. The van der Waals surface area contributed by atoms with Crippen molar-refractivity contribution in [1.82, 2.24) is 25.1 Å². The van der Waals surface area contributed by atoms with Crippen LogP contribution < -0.4 is 4.90 Å². The fourth-order valence-corrected chi connectivity index (χ4v) is 4.69. The number of likely N-dealkylation sites (N-methyl/N-ethyl adjacent to an activating group) is 1. The van der Waals surface area contributed by atoms with Crippen molar-refractivity contribution in [2.45, 2.75) is 32.9 Å². The van der Waals surface area contributed by atoms with E-state index in [1.54, 1.807) is 0 Å². The lowest BCUT2D eigenvalue weighted by Crippen LogP contribution is -2.52. The Bertz CT molecular complexity index is 1230. The van der Waals surface area contributed by atoms with E-state index < -0.39 is 0 Å². The maximum absolute atomic E-state index is 6.14. The van der Waals surface area contributed by atoms with Crippen LogP contribution in [0.1, 0.15) is 20.8 Å². The van der Waals surface area contributed by atoms with Crippen molar-refractivity contribution in [3.63, 3.8) is 0 Å². The summed E-state index contributed by atoms with van der Waals surface area (Å²) in [6.45, 7) is 11.3. The predicted octanol–water partition coefficient (Wildman–Crippen LogP) is 4.70. The minimum atomic E-state index is 0.210. The molecule has 0 aliphatic carbocycles. The molecule has 1 aliphatic heterocycles. The molecule has 0 saturated carbocycles. The third-order valence-corrected chi connectivity index (χ3v) is 6.64. The fourth-order valence-electron chi connectivity index (χ4n) is 4.52. The number of rotatable bonds is 6. The normalized spacial score (nSPS) is 19.5. The number of halogens is 1. The molecule has 0 spiro atoms. The summed E-state index contributed by atoms with van der Waals surface area (Å²) in [5.41, 5.74) is 4.81. The van der Waals surface area contributed by atoms with Crippen LogP contribution in [0.2, 0.25) is 5.02 Å². The smallest absolute Gasteiger partial charge is 0.159 e. The Morgan fingerprint density at radius 2 is 2.00 bits per heavy atom. The Morgan fingerprint density at radius 3 is 2.81 bits per heavy atom. The number of anilines is 1. The highest BCUT2D eigenvalue weighted by Gasteiger charge is 2.27. The molecule has 32 heavy (non-hydrogen) atoms. The fraction of sp³-hybridized carbons (Fsp3) is 0.417. The zero-order valence-electron chi connectivity index (χ0n) is 18.7. The zero-order valence-corrected chi connectivity index (χ0v) is 19.5. The van der Waals surface area contributed by atoms with Crippen molar-refractivity contribution in [2.75, 3.05) is 37.7 Å². The average Bonchev–Trinajstić information content (AvgIpc) is 3.41. The van der Waals surface area contributed by atoms with E-state index in [2.05, 4.69) is 64.0 Å². The molecular formula is C24H29ClN6O. The van der Waals surface area contributed by atoms with Crippen LogP contribution in [0, 0.1) is 0 Å². The van der Waals surface area contributed by atoms with Crippen molar-refractivity contribution < 1.29 is 4.74 Å². The van der Waals surface area contributed by atoms with Crippen LogP contribution in [-0.4, -0.2) is 70.0 Å². The van der Waals surface area contributed by atoms with Crippen LogP contribution in [0.4, 0.5) is 5.69 Å². The second-order valence-electron chi connectivity index (χ2n) is 8.49. The maximum atomic E-state index is 6.14. The number of H-pyrrole nitrogens is 2. The summed E-state index contributed by atoms with van der Waals surface area (Å²) >= 11 is 6.11. The minimum Gasteiger partial charge on any atom is -0.373 e. The SMILES string of the molecule is CCN(CC)C[C@@H]1CN(c2ccc3nc(-c4n[nH]c5cc(Cl)ccc45)[nH]c3c2)[C@H](C)CO1. The summed E-state index contributed by atoms with van der Waals surface area (Å²) in [5.74, 6) is 0.750. The number of nitrogens with zero attached hydrogens (tertiary/aromatic N) is 4. The van der Waals surface area contributed by atoms with Crippen molar-refractivity contribution in [1.29, 1.82) is 0 Å². The molecule has 2 N–H and O–H groups in total. The van der Waals surface area contributed by atoms with E-state index in [-0.39, 0.29) is 6.10 Å². The molecule has 4 aromatic rings. The molecule has 5 rings (SSSR count). The second-order valence-corrected chi connectivity index (χ2v) is 8.93.